The molecule has 1 heteroatoms. The van der Waals surface area contributed by atoms with Crippen LogP contribution < -0.4 is 0 Å². The van der Waals surface area contributed by atoms with Crippen LogP contribution in [0.15, 0.2) is 40.8 Å². The first-order valence-corrected chi connectivity index (χ1v) is 2.30. The van der Waals surface area contributed by atoms with Crippen LogP contribution in [0.5, 0.6) is 0 Å². The SMILES string of the molecule is C=C=C=C=C=C=CCl. The molecule has 0 unspecified atom stereocenters. The molecular weight excluding hydrogens is 120 g/mol. The van der Waals surface area contributed by atoms with Gasteiger partial charge in [-0.2, -0.15) is 0 Å². The van der Waals surface area contributed by atoms with E-state index in [1.165, 1.54) is 5.54 Å². The molecule has 0 aliphatic rings. The molecule has 0 N–H and O–H groups in total. The van der Waals surface area contributed by atoms with Crippen molar-refractivity contribution in [2.45, 2.75) is 0 Å². The van der Waals surface area contributed by atoms with Crippen LogP contribution in [0.3, 0.4) is 0 Å². The molecule has 0 aliphatic carbocycles. The Morgan fingerprint density at radius 2 is 2.00 bits per heavy atom. The number of hydrogen-bond acceptors (Lipinski definition) is 0. The first-order chi connectivity index (χ1) is 3.91. The highest BCUT2D eigenvalue weighted by atomic mass is 35.5. The van der Waals surface area contributed by atoms with Crippen LogP contribution in [0.25, 0.3) is 0 Å². The average Bonchev–Trinajstić information content (AvgIpc) is 1.81. The second-order valence-corrected chi connectivity index (χ2v) is 1.02. The Hall–Kier alpha value is -1.07. The molecule has 0 aromatic rings. The zero-order valence-corrected chi connectivity index (χ0v) is 4.92. The minimum atomic E-state index is 1.21. The van der Waals surface area contributed by atoms with Gasteiger partial charge in [0.25, 0.3) is 0 Å². The van der Waals surface area contributed by atoms with E-state index in [9.17, 15) is 0 Å². The molecule has 0 aromatic carbocycles. The quantitative estimate of drug-likeness (QED) is 0.432. The number of halogens is 1. The molecule has 0 rings (SSSR count). The van der Waals surface area contributed by atoms with E-state index in [0.29, 0.717) is 0 Å². The van der Waals surface area contributed by atoms with E-state index < -0.39 is 0 Å². The minimum Gasteiger partial charge on any atom is -0.0831 e. The van der Waals surface area contributed by atoms with E-state index in [4.69, 9.17) is 11.6 Å². The third-order valence-corrected chi connectivity index (χ3v) is 0.449. The van der Waals surface area contributed by atoms with Gasteiger partial charge in [0, 0.05) is 0 Å². The topological polar surface area (TPSA) is 0 Å². The summed E-state index contributed by atoms with van der Waals surface area (Å²) < 4.78 is 0. The maximum Gasteiger partial charge on any atom is 0.0553 e. The van der Waals surface area contributed by atoms with Crippen LogP contribution in [0.1, 0.15) is 0 Å². The van der Waals surface area contributed by atoms with Crippen molar-refractivity contribution in [2.24, 2.45) is 0 Å². The van der Waals surface area contributed by atoms with E-state index in [1.807, 2.05) is 0 Å². The molecule has 0 saturated heterocycles. The lowest BCUT2D eigenvalue weighted by Gasteiger charge is -1.40. The van der Waals surface area contributed by atoms with Crippen molar-refractivity contribution in [3.05, 3.63) is 40.8 Å². The number of hydrogen-bond donors (Lipinski definition) is 0. The van der Waals surface area contributed by atoms with Gasteiger partial charge in [0.05, 0.1) is 5.54 Å². The predicted molar refractivity (Wildman–Crippen MR) is 33.6 cm³/mol. The lowest BCUT2D eigenvalue weighted by molar-refractivity contribution is 2.19. The average molecular weight is 123 g/mol. The molecule has 0 spiro atoms. The maximum atomic E-state index is 5.08. The molecule has 0 radical (unpaired) electrons. The maximum absolute atomic E-state index is 5.08. The Labute approximate surface area is 53.1 Å². The summed E-state index contributed by atoms with van der Waals surface area (Å²) in [5.74, 6) is 0. The Kier molecular flexibility index (Phi) is 5.14. The van der Waals surface area contributed by atoms with Crippen molar-refractivity contribution in [1.82, 2.24) is 0 Å². The second-order valence-electron chi connectivity index (χ2n) is 0.805. The molecule has 0 amide bonds. The minimum absolute atomic E-state index is 1.21. The largest absolute Gasteiger partial charge is 0.0831 e. The molecule has 0 heterocycles. The van der Waals surface area contributed by atoms with Gasteiger partial charge in [0.1, 0.15) is 0 Å². The summed E-state index contributed by atoms with van der Waals surface area (Å²) in [6.45, 7) is 3.25. The van der Waals surface area contributed by atoms with Crippen LogP contribution in [0, 0.1) is 0 Å². The highest BCUT2D eigenvalue weighted by Gasteiger charge is 1.38. The standard InChI is InChI=1S/C7H3Cl/c1-2-3-4-5-6-7-8/h7H,1H2. The van der Waals surface area contributed by atoms with Crippen LogP contribution in [-0.4, -0.2) is 0 Å². The van der Waals surface area contributed by atoms with Gasteiger partial charge in [-0.25, -0.2) is 0 Å². The molecule has 8 heavy (non-hydrogen) atoms. The van der Waals surface area contributed by atoms with E-state index in [2.05, 4.69) is 35.2 Å². The van der Waals surface area contributed by atoms with Crippen LogP contribution in [0.4, 0.5) is 0 Å². The molecule has 38 valence electrons. The van der Waals surface area contributed by atoms with Gasteiger partial charge in [-0.15, -0.1) is 0 Å². The first kappa shape index (κ1) is 6.93. The van der Waals surface area contributed by atoms with Crippen LogP contribution >= 0.6 is 11.6 Å². The summed E-state index contributed by atoms with van der Waals surface area (Å²) in [7, 11) is 0. The van der Waals surface area contributed by atoms with Crippen molar-refractivity contribution in [1.29, 1.82) is 0 Å². The third kappa shape index (κ3) is 4.93. The summed E-state index contributed by atoms with van der Waals surface area (Å²) in [5, 5.41) is 0. The molecule has 0 aliphatic heterocycles. The molecule has 0 saturated carbocycles. The summed E-state index contributed by atoms with van der Waals surface area (Å²) in [6.07, 6.45) is 0. The van der Waals surface area contributed by atoms with E-state index in [1.54, 1.807) is 0 Å². The Morgan fingerprint density at radius 1 is 1.25 bits per heavy atom. The fourth-order valence-electron chi connectivity index (χ4n) is 0.139. The molecule has 0 bridgehead atoms. The number of rotatable bonds is 0. The zero-order chi connectivity index (χ0) is 6.24. The highest BCUT2D eigenvalue weighted by molar-refractivity contribution is 6.25. The second kappa shape index (κ2) is 5.93. The highest BCUT2D eigenvalue weighted by Crippen LogP contribution is 1.67. The molecule has 0 aromatic heterocycles. The zero-order valence-electron chi connectivity index (χ0n) is 4.16. The predicted octanol–water partition coefficient (Wildman–Crippen LogP) is 2.14. The Balaban J connectivity index is 4.76. The third-order valence-electron chi connectivity index (χ3n) is 0.340. The van der Waals surface area contributed by atoms with Gasteiger partial charge in [0.2, 0.25) is 0 Å². The van der Waals surface area contributed by atoms with Crippen LogP contribution in [0.2, 0.25) is 0 Å². The molecule has 0 fully saturated rings. The van der Waals surface area contributed by atoms with E-state index in [0.717, 1.165) is 0 Å². The lowest BCUT2D eigenvalue weighted by atomic mass is 10.7. The Bertz CT molecular complexity index is 232. The normalized spacial score (nSPS) is 4.12. The van der Waals surface area contributed by atoms with Crippen molar-refractivity contribution in [2.75, 3.05) is 0 Å². The molecule has 0 atom stereocenters. The first-order valence-electron chi connectivity index (χ1n) is 1.86. The fourth-order valence-corrected chi connectivity index (χ4v) is 0.193. The lowest BCUT2D eigenvalue weighted by Crippen LogP contribution is -1.19. The summed E-state index contributed by atoms with van der Waals surface area (Å²) in [5.41, 5.74) is 13.3. The van der Waals surface area contributed by atoms with Gasteiger partial charge >= 0.3 is 0 Å². The summed E-state index contributed by atoms with van der Waals surface area (Å²) in [4.78, 5) is 0. The van der Waals surface area contributed by atoms with Gasteiger partial charge < -0.3 is 0 Å². The van der Waals surface area contributed by atoms with E-state index >= 15 is 0 Å². The van der Waals surface area contributed by atoms with Crippen molar-refractivity contribution in [3.8, 4) is 0 Å². The van der Waals surface area contributed by atoms with Gasteiger partial charge in [-0.1, -0.05) is 17.3 Å². The van der Waals surface area contributed by atoms with Crippen LogP contribution in [-0.2, 0) is 0 Å². The van der Waals surface area contributed by atoms with Crippen molar-refractivity contribution < 1.29 is 0 Å². The van der Waals surface area contributed by atoms with Gasteiger partial charge in [0.15, 0.2) is 0 Å². The molecule has 0 nitrogen and oxygen atoms in total. The van der Waals surface area contributed by atoms with Crippen molar-refractivity contribution in [3.63, 3.8) is 0 Å². The monoisotopic (exact) mass is 122 g/mol. The smallest absolute Gasteiger partial charge is 0.0553 e. The Morgan fingerprint density at radius 3 is 2.50 bits per heavy atom. The van der Waals surface area contributed by atoms with Crippen molar-refractivity contribution >= 4 is 11.6 Å². The van der Waals surface area contributed by atoms with E-state index in [-0.39, 0.29) is 0 Å². The fraction of sp³-hybridized carbons (Fsp3) is 0. The summed E-state index contributed by atoms with van der Waals surface area (Å²) >= 11 is 5.08. The summed E-state index contributed by atoms with van der Waals surface area (Å²) in [6, 6.07) is 0. The molecular formula is C7H3Cl. The van der Waals surface area contributed by atoms with Gasteiger partial charge in [-0.3, -0.25) is 0 Å². The van der Waals surface area contributed by atoms with Gasteiger partial charge in [-0.05, 0) is 29.5 Å².